The van der Waals surface area contributed by atoms with Gasteiger partial charge in [0, 0.05) is 12.0 Å². The van der Waals surface area contributed by atoms with Crippen LogP contribution in [0.1, 0.15) is 11.5 Å². The summed E-state index contributed by atoms with van der Waals surface area (Å²) in [6.45, 7) is 0. The van der Waals surface area contributed by atoms with Crippen molar-refractivity contribution in [1.29, 1.82) is 0 Å². The van der Waals surface area contributed by atoms with Crippen molar-refractivity contribution in [3.8, 4) is 21.9 Å². The number of rotatable bonds is 5. The van der Waals surface area contributed by atoms with Crippen molar-refractivity contribution in [2.75, 3.05) is 0 Å². The summed E-state index contributed by atoms with van der Waals surface area (Å²) >= 11 is 1.51. The number of oxazole rings is 1. The molecule has 0 aliphatic rings. The number of thiophene rings is 1. The molecule has 0 aliphatic heterocycles. The Hall–Kier alpha value is -2.74. The van der Waals surface area contributed by atoms with E-state index in [0.29, 0.717) is 29.3 Å². The molecule has 0 amide bonds. The number of sulfonamides is 1. The first kappa shape index (κ1) is 17.7. The molecule has 2 N–H and O–H groups in total. The van der Waals surface area contributed by atoms with E-state index in [1.165, 1.54) is 17.4 Å². The first-order valence-corrected chi connectivity index (χ1v) is 10.6. The molecule has 0 aliphatic carbocycles. The van der Waals surface area contributed by atoms with Crippen molar-refractivity contribution in [1.82, 2.24) is 4.98 Å². The molecule has 7 heteroatoms. The summed E-state index contributed by atoms with van der Waals surface area (Å²) in [5.41, 5.74) is 2.09. The highest BCUT2D eigenvalue weighted by Crippen LogP contribution is 2.38. The van der Waals surface area contributed by atoms with Crippen LogP contribution in [0.4, 0.5) is 0 Å². The number of hydrogen-bond acceptors (Lipinski definition) is 5. The first-order chi connectivity index (χ1) is 13.0. The van der Waals surface area contributed by atoms with Gasteiger partial charge in [0.1, 0.15) is 5.69 Å². The highest BCUT2D eigenvalue weighted by Gasteiger charge is 2.23. The summed E-state index contributed by atoms with van der Waals surface area (Å²) in [6.07, 6.45) is 0.511. The minimum Gasteiger partial charge on any atom is -0.440 e. The van der Waals surface area contributed by atoms with E-state index < -0.39 is 10.0 Å². The van der Waals surface area contributed by atoms with Gasteiger partial charge >= 0.3 is 0 Å². The van der Waals surface area contributed by atoms with E-state index in [1.54, 1.807) is 18.2 Å². The predicted octanol–water partition coefficient (Wildman–Crippen LogP) is 4.31. The van der Waals surface area contributed by atoms with Crippen LogP contribution < -0.4 is 5.14 Å². The molecule has 0 saturated heterocycles. The SMILES string of the molecule is NS(=O)(=O)c1ccccc1-c1oc(Cc2ccccc2)nc1-c1cccs1. The van der Waals surface area contributed by atoms with Crippen molar-refractivity contribution < 1.29 is 12.8 Å². The zero-order valence-electron chi connectivity index (χ0n) is 14.2. The predicted molar refractivity (Wildman–Crippen MR) is 106 cm³/mol. The summed E-state index contributed by atoms with van der Waals surface area (Å²) in [4.78, 5) is 5.57. The second kappa shape index (κ2) is 7.11. The molecular weight excluding hydrogens is 380 g/mol. The van der Waals surface area contributed by atoms with E-state index in [0.717, 1.165) is 10.4 Å². The van der Waals surface area contributed by atoms with Crippen LogP contribution in [0.15, 0.2) is 81.4 Å². The van der Waals surface area contributed by atoms with Crippen LogP contribution in [0.5, 0.6) is 0 Å². The number of nitrogens with zero attached hydrogens (tertiary/aromatic N) is 1. The Morgan fingerprint density at radius 1 is 0.963 bits per heavy atom. The van der Waals surface area contributed by atoms with Gasteiger partial charge in [-0.1, -0.05) is 48.5 Å². The number of nitrogens with two attached hydrogens (primary N) is 1. The lowest BCUT2D eigenvalue weighted by Gasteiger charge is -2.06. The Labute approximate surface area is 161 Å². The van der Waals surface area contributed by atoms with Crippen LogP contribution >= 0.6 is 11.3 Å². The molecule has 2 heterocycles. The average Bonchev–Trinajstić information content (AvgIpc) is 3.31. The zero-order valence-corrected chi connectivity index (χ0v) is 15.8. The molecule has 136 valence electrons. The summed E-state index contributed by atoms with van der Waals surface area (Å²) in [5.74, 6) is 0.928. The largest absolute Gasteiger partial charge is 0.440 e. The van der Waals surface area contributed by atoms with Gasteiger partial charge in [0.05, 0.1) is 9.77 Å². The minimum atomic E-state index is -3.90. The van der Waals surface area contributed by atoms with Crippen LogP contribution in [0.2, 0.25) is 0 Å². The van der Waals surface area contributed by atoms with Gasteiger partial charge in [0.25, 0.3) is 0 Å². The van der Waals surface area contributed by atoms with Crippen molar-refractivity contribution in [2.24, 2.45) is 5.14 Å². The Kier molecular flexibility index (Phi) is 4.65. The molecule has 2 aromatic carbocycles. The van der Waals surface area contributed by atoms with E-state index in [1.807, 2.05) is 47.8 Å². The van der Waals surface area contributed by atoms with E-state index >= 15 is 0 Å². The molecule has 0 radical (unpaired) electrons. The van der Waals surface area contributed by atoms with Crippen LogP contribution in [-0.4, -0.2) is 13.4 Å². The summed E-state index contributed by atoms with van der Waals surface area (Å²) in [6, 6.07) is 20.2. The highest BCUT2D eigenvalue weighted by atomic mass is 32.2. The molecule has 0 bridgehead atoms. The van der Waals surface area contributed by atoms with E-state index in [2.05, 4.69) is 4.98 Å². The second-order valence-electron chi connectivity index (χ2n) is 5.97. The van der Waals surface area contributed by atoms with Crippen LogP contribution in [-0.2, 0) is 16.4 Å². The van der Waals surface area contributed by atoms with Crippen LogP contribution in [0.3, 0.4) is 0 Å². The summed E-state index contributed by atoms with van der Waals surface area (Å²) < 4.78 is 30.1. The van der Waals surface area contributed by atoms with Gasteiger partial charge in [-0.05, 0) is 29.1 Å². The molecule has 4 aromatic rings. The van der Waals surface area contributed by atoms with Gasteiger partial charge in [-0.3, -0.25) is 0 Å². The maximum Gasteiger partial charge on any atom is 0.238 e. The molecular formula is C20H16N2O3S2. The van der Waals surface area contributed by atoms with E-state index in [9.17, 15) is 8.42 Å². The molecule has 2 aromatic heterocycles. The van der Waals surface area contributed by atoms with Gasteiger partial charge in [-0.15, -0.1) is 11.3 Å². The van der Waals surface area contributed by atoms with Crippen LogP contribution in [0, 0.1) is 0 Å². The van der Waals surface area contributed by atoms with Gasteiger partial charge in [-0.25, -0.2) is 18.5 Å². The number of benzene rings is 2. The minimum absolute atomic E-state index is 0.0187. The third-order valence-electron chi connectivity index (χ3n) is 4.06. The lowest BCUT2D eigenvalue weighted by atomic mass is 10.1. The standard InChI is InChI=1S/C20H16N2O3S2/c21-27(23,24)17-11-5-4-9-15(17)20-19(16-10-6-12-26-16)22-18(25-20)13-14-7-2-1-3-8-14/h1-12H,13H2,(H2,21,23,24). The number of primary sulfonamides is 1. The van der Waals surface area contributed by atoms with Gasteiger partial charge in [-0.2, -0.15) is 0 Å². The maximum atomic E-state index is 12.0. The third kappa shape index (κ3) is 3.71. The fourth-order valence-electron chi connectivity index (χ4n) is 2.88. The van der Waals surface area contributed by atoms with Crippen molar-refractivity contribution in [3.63, 3.8) is 0 Å². The van der Waals surface area contributed by atoms with Crippen molar-refractivity contribution in [2.45, 2.75) is 11.3 Å². The smallest absolute Gasteiger partial charge is 0.238 e. The molecule has 27 heavy (non-hydrogen) atoms. The Balaban J connectivity index is 1.88. The molecule has 0 unspecified atom stereocenters. The van der Waals surface area contributed by atoms with Gasteiger partial charge in [0.2, 0.25) is 10.0 Å². The van der Waals surface area contributed by atoms with Crippen molar-refractivity contribution in [3.05, 3.63) is 83.6 Å². The monoisotopic (exact) mass is 396 g/mol. The fourth-order valence-corrected chi connectivity index (χ4v) is 4.32. The molecule has 0 saturated carbocycles. The normalized spacial score (nSPS) is 11.6. The quantitative estimate of drug-likeness (QED) is 0.545. The molecule has 4 rings (SSSR count). The Morgan fingerprint density at radius 3 is 2.41 bits per heavy atom. The average molecular weight is 396 g/mol. The van der Waals surface area contributed by atoms with E-state index in [4.69, 9.17) is 9.56 Å². The van der Waals surface area contributed by atoms with Crippen molar-refractivity contribution >= 4 is 21.4 Å². The molecule has 0 spiro atoms. The lowest BCUT2D eigenvalue weighted by Crippen LogP contribution is -2.13. The molecule has 0 atom stereocenters. The topological polar surface area (TPSA) is 86.2 Å². The lowest BCUT2D eigenvalue weighted by molar-refractivity contribution is 0.518. The molecule has 5 nitrogen and oxygen atoms in total. The maximum absolute atomic E-state index is 12.0. The van der Waals surface area contributed by atoms with Gasteiger partial charge < -0.3 is 4.42 Å². The van der Waals surface area contributed by atoms with E-state index in [-0.39, 0.29) is 4.90 Å². The van der Waals surface area contributed by atoms with Gasteiger partial charge in [0.15, 0.2) is 11.7 Å². The number of hydrogen-bond donors (Lipinski definition) is 1. The second-order valence-corrected chi connectivity index (χ2v) is 8.44. The first-order valence-electron chi connectivity index (χ1n) is 8.22. The third-order valence-corrected chi connectivity index (χ3v) is 5.91. The highest BCUT2D eigenvalue weighted by molar-refractivity contribution is 7.89. The summed E-state index contributed by atoms with van der Waals surface area (Å²) in [5, 5.41) is 7.35. The Bertz CT molecular complexity index is 1170. The zero-order chi connectivity index (χ0) is 18.9. The summed E-state index contributed by atoms with van der Waals surface area (Å²) in [7, 11) is -3.90. The van der Waals surface area contributed by atoms with Crippen LogP contribution in [0.25, 0.3) is 21.9 Å². The Morgan fingerprint density at radius 2 is 1.70 bits per heavy atom. The number of aromatic nitrogens is 1. The molecule has 0 fully saturated rings. The fraction of sp³-hybridized carbons (Fsp3) is 0.0500.